The smallest absolute Gasteiger partial charge is 0.357 e. The Kier molecular flexibility index (Phi) is 8.06. The fourth-order valence-corrected chi connectivity index (χ4v) is 3.80. The van der Waals surface area contributed by atoms with E-state index in [9.17, 15) is 14.4 Å². The van der Waals surface area contributed by atoms with Crippen molar-refractivity contribution in [1.82, 2.24) is 9.78 Å². The van der Waals surface area contributed by atoms with Gasteiger partial charge in [-0.1, -0.05) is 23.8 Å². The fourth-order valence-electron chi connectivity index (χ4n) is 3.80. The van der Waals surface area contributed by atoms with E-state index in [4.69, 9.17) is 18.6 Å². The Balaban J connectivity index is 1.91. The SMILES string of the molecule is CCOC(=O)c1c(-c2cc3ccc(OCC=C(C)C)cc3oc2=O)nn(-c2ccccc2)c1C(=O)OCC. The number of allylic oxidation sites excluding steroid dienone is 1. The van der Waals surface area contributed by atoms with Crippen molar-refractivity contribution in [3.05, 3.63) is 87.9 Å². The van der Waals surface area contributed by atoms with Gasteiger partial charge in [0.2, 0.25) is 0 Å². The molecular weight excluding hydrogens is 488 g/mol. The van der Waals surface area contributed by atoms with Gasteiger partial charge in [-0.05, 0) is 64.1 Å². The predicted octanol–water partition coefficient (Wildman–Crippen LogP) is 5.34. The summed E-state index contributed by atoms with van der Waals surface area (Å²) in [6.07, 6.45) is 1.94. The third kappa shape index (κ3) is 5.51. The minimum Gasteiger partial charge on any atom is -0.489 e. The standard InChI is InChI=1S/C29H28N2O7/c1-5-35-28(33)24-25(30-31(20-10-8-7-9-11-20)26(24)29(34)36-6-2)22-16-19-12-13-21(37-15-14-18(3)4)17-23(19)38-27(22)32/h7-14,16-17H,5-6,15H2,1-4H3. The van der Waals surface area contributed by atoms with Gasteiger partial charge in [0.25, 0.3) is 0 Å². The summed E-state index contributed by atoms with van der Waals surface area (Å²) in [6, 6.07) is 15.4. The molecule has 2 aromatic carbocycles. The van der Waals surface area contributed by atoms with Gasteiger partial charge in [-0.15, -0.1) is 0 Å². The molecule has 0 aliphatic carbocycles. The number of fused-ring (bicyclic) bond motifs is 1. The van der Waals surface area contributed by atoms with E-state index in [1.165, 1.54) is 4.68 Å². The molecule has 0 unspecified atom stereocenters. The van der Waals surface area contributed by atoms with Gasteiger partial charge in [-0.3, -0.25) is 0 Å². The molecule has 0 saturated heterocycles. The average Bonchev–Trinajstić information content (AvgIpc) is 3.29. The lowest BCUT2D eigenvalue weighted by atomic mass is 10.1. The second-order valence-electron chi connectivity index (χ2n) is 8.50. The number of hydrogen-bond acceptors (Lipinski definition) is 8. The van der Waals surface area contributed by atoms with Gasteiger partial charge in [-0.2, -0.15) is 5.10 Å². The number of para-hydroxylation sites is 1. The molecule has 0 bridgehead atoms. The lowest BCUT2D eigenvalue weighted by Gasteiger charge is -2.09. The highest BCUT2D eigenvalue weighted by Gasteiger charge is 2.33. The van der Waals surface area contributed by atoms with Crippen LogP contribution < -0.4 is 10.4 Å². The zero-order valence-corrected chi connectivity index (χ0v) is 21.6. The van der Waals surface area contributed by atoms with Crippen molar-refractivity contribution in [3.63, 3.8) is 0 Å². The van der Waals surface area contributed by atoms with Crippen molar-refractivity contribution in [2.75, 3.05) is 19.8 Å². The van der Waals surface area contributed by atoms with Crippen LogP contribution in [0, 0.1) is 0 Å². The maximum atomic E-state index is 13.2. The molecule has 0 saturated carbocycles. The number of benzene rings is 2. The summed E-state index contributed by atoms with van der Waals surface area (Å²) >= 11 is 0. The van der Waals surface area contributed by atoms with E-state index in [0.29, 0.717) is 29.0 Å². The monoisotopic (exact) mass is 516 g/mol. The Labute approximate surface area is 219 Å². The van der Waals surface area contributed by atoms with Crippen molar-refractivity contribution >= 4 is 22.9 Å². The van der Waals surface area contributed by atoms with Crippen LogP contribution in [0.2, 0.25) is 0 Å². The number of nitrogens with zero attached hydrogens (tertiary/aromatic N) is 2. The second-order valence-corrected chi connectivity index (χ2v) is 8.50. The highest BCUT2D eigenvalue weighted by Crippen LogP contribution is 2.30. The number of aromatic nitrogens is 2. The third-order valence-electron chi connectivity index (χ3n) is 5.54. The molecule has 38 heavy (non-hydrogen) atoms. The van der Waals surface area contributed by atoms with Gasteiger partial charge in [0, 0.05) is 11.5 Å². The molecule has 9 nitrogen and oxygen atoms in total. The van der Waals surface area contributed by atoms with Crippen LogP contribution in [-0.4, -0.2) is 41.5 Å². The van der Waals surface area contributed by atoms with Crippen LogP contribution in [-0.2, 0) is 9.47 Å². The Hall–Kier alpha value is -4.66. The van der Waals surface area contributed by atoms with Gasteiger partial charge < -0.3 is 18.6 Å². The summed E-state index contributed by atoms with van der Waals surface area (Å²) in [5.41, 5.74) is 0.814. The summed E-state index contributed by atoms with van der Waals surface area (Å²) in [7, 11) is 0. The fraction of sp³-hybridized carbons (Fsp3) is 0.241. The van der Waals surface area contributed by atoms with E-state index in [2.05, 4.69) is 5.10 Å². The third-order valence-corrected chi connectivity index (χ3v) is 5.54. The zero-order chi connectivity index (χ0) is 27.2. The van der Waals surface area contributed by atoms with E-state index in [1.807, 2.05) is 19.9 Å². The highest BCUT2D eigenvalue weighted by atomic mass is 16.5. The number of esters is 2. The molecule has 9 heteroatoms. The van der Waals surface area contributed by atoms with Crippen LogP contribution >= 0.6 is 0 Å². The highest BCUT2D eigenvalue weighted by molar-refractivity contribution is 6.07. The maximum Gasteiger partial charge on any atom is 0.357 e. The van der Waals surface area contributed by atoms with Crippen molar-refractivity contribution in [3.8, 4) is 22.7 Å². The van der Waals surface area contributed by atoms with E-state index in [1.54, 1.807) is 68.4 Å². The number of hydrogen-bond donors (Lipinski definition) is 0. The first-order valence-electron chi connectivity index (χ1n) is 12.2. The zero-order valence-electron chi connectivity index (χ0n) is 21.6. The van der Waals surface area contributed by atoms with Crippen LogP contribution in [0.25, 0.3) is 27.9 Å². The van der Waals surface area contributed by atoms with Gasteiger partial charge >= 0.3 is 17.6 Å². The normalized spacial score (nSPS) is 10.7. The predicted molar refractivity (Wildman–Crippen MR) is 142 cm³/mol. The van der Waals surface area contributed by atoms with Crippen molar-refractivity contribution in [2.45, 2.75) is 27.7 Å². The van der Waals surface area contributed by atoms with Crippen molar-refractivity contribution in [2.24, 2.45) is 0 Å². The van der Waals surface area contributed by atoms with Gasteiger partial charge in [0.15, 0.2) is 5.69 Å². The molecule has 4 rings (SSSR count). The summed E-state index contributed by atoms with van der Waals surface area (Å²) in [6.45, 7) is 7.76. The van der Waals surface area contributed by atoms with E-state index >= 15 is 0 Å². The quantitative estimate of drug-likeness (QED) is 0.166. The van der Waals surface area contributed by atoms with Crippen LogP contribution in [0.5, 0.6) is 5.75 Å². The van der Waals surface area contributed by atoms with E-state index < -0.39 is 17.6 Å². The summed E-state index contributed by atoms with van der Waals surface area (Å²) < 4.78 is 23.1. The Morgan fingerprint density at radius 1 is 0.974 bits per heavy atom. The van der Waals surface area contributed by atoms with Crippen LogP contribution in [0.4, 0.5) is 0 Å². The Bertz CT molecular complexity index is 1560. The molecule has 0 N–H and O–H groups in total. The molecule has 0 atom stereocenters. The maximum absolute atomic E-state index is 13.2. The minimum absolute atomic E-state index is 0.000933. The number of carbonyl (C=O) groups is 2. The van der Waals surface area contributed by atoms with E-state index in [0.717, 1.165) is 5.57 Å². The molecule has 0 fully saturated rings. The summed E-state index contributed by atoms with van der Waals surface area (Å²) in [4.78, 5) is 39.4. The second kappa shape index (κ2) is 11.6. The summed E-state index contributed by atoms with van der Waals surface area (Å²) in [5, 5.41) is 5.10. The van der Waals surface area contributed by atoms with Crippen LogP contribution in [0.3, 0.4) is 0 Å². The lowest BCUT2D eigenvalue weighted by molar-refractivity contribution is 0.0473. The molecule has 0 aliphatic heterocycles. The van der Waals surface area contributed by atoms with Crippen LogP contribution in [0.15, 0.2) is 75.5 Å². The Morgan fingerprint density at radius 3 is 2.37 bits per heavy atom. The molecule has 4 aromatic rings. The first-order chi connectivity index (χ1) is 18.3. The number of carbonyl (C=O) groups excluding carboxylic acids is 2. The first kappa shape index (κ1) is 26.4. The van der Waals surface area contributed by atoms with E-state index in [-0.39, 0.29) is 35.7 Å². The molecule has 196 valence electrons. The average molecular weight is 517 g/mol. The van der Waals surface area contributed by atoms with Gasteiger partial charge in [-0.25, -0.2) is 19.1 Å². The molecule has 0 spiro atoms. The van der Waals surface area contributed by atoms with Crippen LogP contribution in [0.1, 0.15) is 48.5 Å². The molecule has 2 heterocycles. The minimum atomic E-state index is -0.810. The molecule has 0 aliphatic rings. The van der Waals surface area contributed by atoms with Crippen molar-refractivity contribution < 1.29 is 28.2 Å². The number of rotatable bonds is 9. The lowest BCUT2D eigenvalue weighted by Crippen LogP contribution is -2.17. The molecule has 0 amide bonds. The Morgan fingerprint density at radius 2 is 1.68 bits per heavy atom. The molecule has 0 radical (unpaired) electrons. The van der Waals surface area contributed by atoms with Gasteiger partial charge in [0.05, 0.1) is 24.5 Å². The van der Waals surface area contributed by atoms with Crippen molar-refractivity contribution in [1.29, 1.82) is 0 Å². The topological polar surface area (TPSA) is 110 Å². The largest absolute Gasteiger partial charge is 0.489 e. The first-order valence-corrected chi connectivity index (χ1v) is 12.2. The molecular formula is C29H28N2O7. The summed E-state index contributed by atoms with van der Waals surface area (Å²) in [5.74, 6) is -1.05. The van der Waals surface area contributed by atoms with Gasteiger partial charge in [0.1, 0.15) is 29.2 Å². The number of ether oxygens (including phenoxy) is 3. The molecule has 2 aromatic heterocycles.